The third-order valence-corrected chi connectivity index (χ3v) is 4.72. The highest BCUT2D eigenvalue weighted by Crippen LogP contribution is 2.44. The summed E-state index contributed by atoms with van der Waals surface area (Å²) >= 11 is 6.36. The van der Waals surface area contributed by atoms with Gasteiger partial charge in [-0.2, -0.15) is 0 Å². The fraction of sp³-hybridized carbons (Fsp3) is 0.316. The second-order valence-corrected chi connectivity index (χ2v) is 7.30. The summed E-state index contributed by atoms with van der Waals surface area (Å²) in [5.41, 5.74) is 3.51. The molecule has 2 aromatic rings. The monoisotopic (exact) mass is 345 g/mol. The maximum atomic E-state index is 11.2. The number of hydrogen-bond donors (Lipinski definition) is 2. The maximum Gasteiger partial charge on any atom is 0.405 e. The lowest BCUT2D eigenvalue weighted by molar-refractivity contribution is 0.0996. The van der Waals surface area contributed by atoms with Gasteiger partial charge in [-0.25, -0.2) is 4.79 Å². The Labute approximate surface area is 146 Å². The summed E-state index contributed by atoms with van der Waals surface area (Å²) in [5, 5.41) is 12.5. The number of halogens is 1. The van der Waals surface area contributed by atoms with Crippen molar-refractivity contribution >= 4 is 17.7 Å². The Bertz CT molecular complexity index is 801. The van der Waals surface area contributed by atoms with Crippen LogP contribution in [0.3, 0.4) is 0 Å². The zero-order valence-electron chi connectivity index (χ0n) is 13.9. The number of fused-ring (bicyclic) bond motifs is 1. The molecule has 0 bridgehead atoms. The van der Waals surface area contributed by atoms with Gasteiger partial charge in [-0.3, -0.25) is 0 Å². The number of aryl methyl sites for hydroxylation is 1. The summed E-state index contributed by atoms with van der Waals surface area (Å²) < 4.78 is 5.90. The molecule has 0 saturated heterocycles. The van der Waals surface area contributed by atoms with E-state index >= 15 is 0 Å². The van der Waals surface area contributed by atoms with Crippen LogP contribution in [0.15, 0.2) is 36.4 Å². The normalized spacial score (nSPS) is 18.4. The summed E-state index contributed by atoms with van der Waals surface area (Å²) in [6.07, 6.45) is -1.04. The molecule has 0 saturated carbocycles. The summed E-state index contributed by atoms with van der Waals surface area (Å²) in [5.74, 6) is 0.696. The Morgan fingerprint density at radius 2 is 2.04 bits per heavy atom. The smallest absolute Gasteiger partial charge is 0.405 e. The summed E-state index contributed by atoms with van der Waals surface area (Å²) in [4.78, 5) is 11.2. The van der Waals surface area contributed by atoms with Crippen LogP contribution in [0, 0.1) is 12.3 Å². The van der Waals surface area contributed by atoms with E-state index in [1.807, 2.05) is 57.2 Å². The van der Waals surface area contributed by atoms with Gasteiger partial charge in [-0.15, -0.1) is 0 Å². The molecule has 1 aliphatic rings. The SMILES string of the molecule is Cc1ccc(-c2ccc3c(c2)OCC(C)(C)C3NC(=O)O)c(Cl)c1. The largest absolute Gasteiger partial charge is 0.493 e. The predicted octanol–water partition coefficient (Wildman–Crippen LogP) is 5.04. The highest BCUT2D eigenvalue weighted by Gasteiger charge is 2.38. The standard InChI is InChI=1S/C19H20ClNO3/c1-11-4-6-13(15(20)8-11)12-5-7-14-16(9-12)24-10-19(2,3)17(14)21-18(22)23/h4-9,17,21H,10H2,1-3H3,(H,22,23). The minimum absolute atomic E-state index is 0.318. The quantitative estimate of drug-likeness (QED) is 0.801. The molecule has 0 aliphatic carbocycles. The van der Waals surface area contributed by atoms with Crippen LogP contribution < -0.4 is 10.1 Å². The lowest BCUT2D eigenvalue weighted by atomic mass is 9.78. The van der Waals surface area contributed by atoms with Gasteiger partial charge >= 0.3 is 6.09 Å². The molecule has 126 valence electrons. The lowest BCUT2D eigenvalue weighted by Gasteiger charge is -2.39. The fourth-order valence-corrected chi connectivity index (χ4v) is 3.43. The molecule has 1 heterocycles. The molecule has 2 N–H and O–H groups in total. The van der Waals surface area contributed by atoms with Crippen LogP contribution >= 0.6 is 11.6 Å². The molecule has 0 radical (unpaired) electrons. The summed E-state index contributed by atoms with van der Waals surface area (Å²) in [7, 11) is 0. The first-order chi connectivity index (χ1) is 11.3. The second kappa shape index (κ2) is 6.02. The van der Waals surface area contributed by atoms with Crippen molar-refractivity contribution in [2.45, 2.75) is 26.8 Å². The van der Waals surface area contributed by atoms with Gasteiger partial charge in [0.1, 0.15) is 5.75 Å². The molecular formula is C19H20ClNO3. The van der Waals surface area contributed by atoms with E-state index in [-0.39, 0.29) is 11.5 Å². The number of carboxylic acid groups (broad SMARTS) is 1. The molecule has 3 rings (SSSR count). The van der Waals surface area contributed by atoms with Gasteiger partial charge in [0, 0.05) is 21.6 Å². The van der Waals surface area contributed by atoms with E-state index in [1.54, 1.807) is 0 Å². The van der Waals surface area contributed by atoms with Gasteiger partial charge in [0.25, 0.3) is 0 Å². The third kappa shape index (κ3) is 3.06. The van der Waals surface area contributed by atoms with Crippen molar-refractivity contribution in [3.05, 3.63) is 52.5 Å². The highest BCUT2D eigenvalue weighted by molar-refractivity contribution is 6.33. The number of ether oxygens (including phenoxy) is 1. The van der Waals surface area contributed by atoms with E-state index in [9.17, 15) is 4.79 Å². The molecule has 1 amide bonds. The van der Waals surface area contributed by atoms with Crippen LogP contribution in [0.25, 0.3) is 11.1 Å². The number of nitrogens with one attached hydrogen (secondary N) is 1. The summed E-state index contributed by atoms with van der Waals surface area (Å²) in [6, 6.07) is 11.4. The molecule has 1 atom stereocenters. The molecule has 4 nitrogen and oxygen atoms in total. The molecule has 24 heavy (non-hydrogen) atoms. The van der Waals surface area contributed by atoms with Crippen molar-refractivity contribution in [3.8, 4) is 16.9 Å². The number of amides is 1. The Morgan fingerprint density at radius 1 is 1.29 bits per heavy atom. The van der Waals surface area contributed by atoms with Crippen molar-refractivity contribution in [3.63, 3.8) is 0 Å². The average Bonchev–Trinajstić information content (AvgIpc) is 2.50. The second-order valence-electron chi connectivity index (χ2n) is 6.90. The van der Waals surface area contributed by atoms with Gasteiger partial charge in [0.15, 0.2) is 0 Å². The van der Waals surface area contributed by atoms with E-state index in [0.717, 1.165) is 22.3 Å². The number of carbonyl (C=O) groups is 1. The van der Waals surface area contributed by atoms with Crippen LogP contribution in [0.4, 0.5) is 4.79 Å². The number of hydrogen-bond acceptors (Lipinski definition) is 2. The molecule has 1 aliphatic heterocycles. The van der Waals surface area contributed by atoms with Crippen molar-refractivity contribution in [1.82, 2.24) is 5.32 Å². The van der Waals surface area contributed by atoms with E-state index in [1.165, 1.54) is 0 Å². The van der Waals surface area contributed by atoms with Crippen molar-refractivity contribution < 1.29 is 14.6 Å². The first kappa shape index (κ1) is 16.7. The van der Waals surface area contributed by atoms with Gasteiger partial charge < -0.3 is 15.2 Å². The van der Waals surface area contributed by atoms with Crippen molar-refractivity contribution in [1.29, 1.82) is 0 Å². The Hall–Kier alpha value is -2.20. The molecular weight excluding hydrogens is 326 g/mol. The lowest BCUT2D eigenvalue weighted by Crippen LogP contribution is -2.43. The molecule has 0 aromatic heterocycles. The van der Waals surface area contributed by atoms with Crippen LogP contribution in [0.5, 0.6) is 5.75 Å². The third-order valence-electron chi connectivity index (χ3n) is 4.41. The average molecular weight is 346 g/mol. The van der Waals surface area contributed by atoms with E-state index in [4.69, 9.17) is 21.4 Å². The first-order valence-corrected chi connectivity index (χ1v) is 8.18. The van der Waals surface area contributed by atoms with Gasteiger partial charge in [0.05, 0.1) is 12.6 Å². The van der Waals surface area contributed by atoms with Crippen LogP contribution in [-0.2, 0) is 0 Å². The Morgan fingerprint density at radius 3 is 2.71 bits per heavy atom. The van der Waals surface area contributed by atoms with E-state index in [0.29, 0.717) is 17.4 Å². The fourth-order valence-electron chi connectivity index (χ4n) is 3.08. The molecule has 0 fully saturated rings. The molecule has 5 heteroatoms. The van der Waals surface area contributed by atoms with Crippen LogP contribution in [0.2, 0.25) is 5.02 Å². The minimum Gasteiger partial charge on any atom is -0.493 e. The zero-order chi connectivity index (χ0) is 17.5. The van der Waals surface area contributed by atoms with Gasteiger partial charge in [-0.05, 0) is 30.2 Å². The van der Waals surface area contributed by atoms with Crippen LogP contribution in [-0.4, -0.2) is 17.8 Å². The molecule has 0 spiro atoms. The number of benzene rings is 2. The van der Waals surface area contributed by atoms with Crippen LogP contribution in [0.1, 0.15) is 31.0 Å². The first-order valence-electron chi connectivity index (χ1n) is 7.81. The Kier molecular flexibility index (Phi) is 4.18. The summed E-state index contributed by atoms with van der Waals surface area (Å²) in [6.45, 7) is 6.41. The Balaban J connectivity index is 2.04. The maximum absolute atomic E-state index is 11.2. The highest BCUT2D eigenvalue weighted by atomic mass is 35.5. The van der Waals surface area contributed by atoms with E-state index < -0.39 is 6.09 Å². The van der Waals surface area contributed by atoms with Gasteiger partial charge in [0.2, 0.25) is 0 Å². The molecule has 2 aromatic carbocycles. The molecule has 1 unspecified atom stereocenters. The van der Waals surface area contributed by atoms with Gasteiger partial charge in [-0.1, -0.05) is 49.7 Å². The van der Waals surface area contributed by atoms with Crippen molar-refractivity contribution in [2.75, 3.05) is 6.61 Å². The van der Waals surface area contributed by atoms with Crippen molar-refractivity contribution in [2.24, 2.45) is 5.41 Å². The predicted molar refractivity (Wildman–Crippen MR) is 94.8 cm³/mol. The number of rotatable bonds is 2. The minimum atomic E-state index is -1.04. The van der Waals surface area contributed by atoms with E-state index in [2.05, 4.69) is 5.32 Å². The zero-order valence-corrected chi connectivity index (χ0v) is 14.6. The topological polar surface area (TPSA) is 58.6 Å².